The first-order valence-corrected chi connectivity index (χ1v) is 5.44. The normalized spacial score (nSPS) is 28.1. The van der Waals surface area contributed by atoms with Crippen molar-refractivity contribution >= 4 is 0 Å². The van der Waals surface area contributed by atoms with E-state index in [9.17, 15) is 0 Å². The quantitative estimate of drug-likeness (QED) is 0.640. The van der Waals surface area contributed by atoms with Gasteiger partial charge in [-0.05, 0) is 31.4 Å². The molecule has 0 saturated heterocycles. The van der Waals surface area contributed by atoms with E-state index in [2.05, 4.69) is 55.8 Å². The van der Waals surface area contributed by atoms with Crippen LogP contribution in [0.15, 0.2) is 53.5 Å². The number of hydrogen-bond acceptors (Lipinski definition) is 1. The van der Waals surface area contributed by atoms with E-state index < -0.39 is 0 Å². The van der Waals surface area contributed by atoms with Gasteiger partial charge in [-0.2, -0.15) is 0 Å². The Hall–Kier alpha value is -1.46. The molecule has 0 aromatic rings. The zero-order chi connectivity index (χ0) is 10.8. The van der Waals surface area contributed by atoms with E-state index in [-0.39, 0.29) is 0 Å². The van der Waals surface area contributed by atoms with Crippen molar-refractivity contribution in [2.75, 3.05) is 0 Å². The third kappa shape index (κ3) is 1.84. The minimum Gasteiger partial charge on any atom is -0.381 e. The van der Waals surface area contributed by atoms with Gasteiger partial charge < -0.3 is 5.32 Å². The number of nitrogens with one attached hydrogen (secondary N) is 1. The number of dihydropyridines is 1. The van der Waals surface area contributed by atoms with E-state index in [1.54, 1.807) is 0 Å². The van der Waals surface area contributed by atoms with Gasteiger partial charge in [-0.15, -0.1) is 5.73 Å². The topological polar surface area (TPSA) is 12.0 Å². The summed E-state index contributed by atoms with van der Waals surface area (Å²) in [5, 5.41) is 3.54. The molecule has 1 aliphatic heterocycles. The Morgan fingerprint density at radius 3 is 3.07 bits per heavy atom. The van der Waals surface area contributed by atoms with Gasteiger partial charge >= 0.3 is 0 Å². The van der Waals surface area contributed by atoms with E-state index >= 15 is 0 Å². The smallest absolute Gasteiger partial charge is 0.0416 e. The van der Waals surface area contributed by atoms with Gasteiger partial charge in [0.2, 0.25) is 0 Å². The molecule has 1 heteroatoms. The molecule has 0 amide bonds. The maximum Gasteiger partial charge on any atom is 0.0416 e. The summed E-state index contributed by atoms with van der Waals surface area (Å²) in [6.45, 7) is 8.01. The highest BCUT2D eigenvalue weighted by Crippen LogP contribution is 2.31. The molecule has 2 atom stereocenters. The van der Waals surface area contributed by atoms with Crippen LogP contribution >= 0.6 is 0 Å². The van der Waals surface area contributed by atoms with Crippen molar-refractivity contribution in [2.45, 2.75) is 26.3 Å². The SMILES string of the molecule is C=C=C(C)C1CC=CC2=C1NC(C)C=C2. The molecule has 0 saturated carbocycles. The van der Waals surface area contributed by atoms with E-state index in [1.165, 1.54) is 16.8 Å². The van der Waals surface area contributed by atoms with Crippen LogP contribution in [-0.4, -0.2) is 6.04 Å². The third-order valence-corrected chi connectivity index (χ3v) is 3.08. The van der Waals surface area contributed by atoms with Crippen LogP contribution < -0.4 is 5.32 Å². The van der Waals surface area contributed by atoms with Crippen molar-refractivity contribution in [3.05, 3.63) is 53.5 Å². The molecule has 1 aliphatic carbocycles. The van der Waals surface area contributed by atoms with Crippen molar-refractivity contribution in [1.82, 2.24) is 5.32 Å². The average Bonchev–Trinajstić information content (AvgIpc) is 2.27. The molecule has 1 nitrogen and oxygen atoms in total. The first-order valence-electron chi connectivity index (χ1n) is 5.44. The van der Waals surface area contributed by atoms with Gasteiger partial charge in [0.15, 0.2) is 0 Å². The molecule has 0 aromatic carbocycles. The largest absolute Gasteiger partial charge is 0.381 e. The summed E-state index contributed by atoms with van der Waals surface area (Å²) in [7, 11) is 0. The predicted octanol–water partition coefficient (Wildman–Crippen LogP) is 3.10. The van der Waals surface area contributed by atoms with Gasteiger partial charge in [0.1, 0.15) is 0 Å². The van der Waals surface area contributed by atoms with E-state index in [0.29, 0.717) is 12.0 Å². The molecule has 0 fully saturated rings. The fraction of sp³-hybridized carbons (Fsp3) is 0.357. The van der Waals surface area contributed by atoms with Crippen molar-refractivity contribution in [2.24, 2.45) is 5.92 Å². The number of hydrogen-bond donors (Lipinski definition) is 1. The highest BCUT2D eigenvalue weighted by molar-refractivity contribution is 5.44. The third-order valence-electron chi connectivity index (χ3n) is 3.08. The molecule has 2 unspecified atom stereocenters. The number of rotatable bonds is 1. The molecule has 0 radical (unpaired) electrons. The summed E-state index contributed by atoms with van der Waals surface area (Å²) >= 11 is 0. The molecule has 0 aromatic heterocycles. The Balaban J connectivity index is 2.38. The average molecular weight is 199 g/mol. The van der Waals surface area contributed by atoms with Crippen molar-refractivity contribution in [3.8, 4) is 0 Å². The summed E-state index contributed by atoms with van der Waals surface area (Å²) in [6, 6.07) is 0.426. The van der Waals surface area contributed by atoms with Crippen LogP contribution in [-0.2, 0) is 0 Å². The minimum absolute atomic E-state index is 0.426. The first kappa shape index (κ1) is 10.1. The van der Waals surface area contributed by atoms with Gasteiger partial charge in [0.05, 0.1) is 0 Å². The summed E-state index contributed by atoms with van der Waals surface area (Å²) < 4.78 is 0. The molecule has 1 N–H and O–H groups in total. The molecule has 2 aliphatic rings. The predicted molar refractivity (Wildman–Crippen MR) is 64.3 cm³/mol. The highest BCUT2D eigenvalue weighted by atomic mass is 14.9. The van der Waals surface area contributed by atoms with Gasteiger partial charge in [-0.1, -0.05) is 30.9 Å². The fourth-order valence-corrected chi connectivity index (χ4v) is 2.13. The molecule has 1 heterocycles. The van der Waals surface area contributed by atoms with Crippen molar-refractivity contribution in [1.29, 1.82) is 0 Å². The fourth-order valence-electron chi connectivity index (χ4n) is 2.13. The van der Waals surface area contributed by atoms with Crippen LogP contribution in [0, 0.1) is 5.92 Å². The second-order valence-corrected chi connectivity index (χ2v) is 4.21. The Labute approximate surface area is 91.6 Å². The second-order valence-electron chi connectivity index (χ2n) is 4.21. The monoisotopic (exact) mass is 199 g/mol. The van der Waals surface area contributed by atoms with Crippen LogP contribution in [0.25, 0.3) is 0 Å². The van der Waals surface area contributed by atoms with Gasteiger partial charge in [0.25, 0.3) is 0 Å². The first-order chi connectivity index (χ1) is 7.22. The van der Waals surface area contributed by atoms with Crippen LogP contribution in [0.4, 0.5) is 0 Å². The summed E-state index contributed by atoms with van der Waals surface area (Å²) in [5.74, 6) is 0.440. The van der Waals surface area contributed by atoms with Crippen LogP contribution in [0.2, 0.25) is 0 Å². The molecule has 78 valence electrons. The zero-order valence-corrected chi connectivity index (χ0v) is 9.38. The Morgan fingerprint density at radius 2 is 2.33 bits per heavy atom. The maximum atomic E-state index is 3.74. The standard InChI is InChI=1S/C14H17N/c1-4-10(2)13-7-5-6-12-9-8-11(3)15-14(12)13/h5-6,8-9,11,13,15H,1,7H2,2-3H3. The minimum atomic E-state index is 0.426. The van der Waals surface area contributed by atoms with Gasteiger partial charge in [-0.25, -0.2) is 0 Å². The van der Waals surface area contributed by atoms with E-state index in [4.69, 9.17) is 0 Å². The van der Waals surface area contributed by atoms with E-state index in [1.807, 2.05) is 0 Å². The lowest BCUT2D eigenvalue weighted by atomic mass is 9.85. The van der Waals surface area contributed by atoms with Crippen LogP contribution in [0.3, 0.4) is 0 Å². The van der Waals surface area contributed by atoms with Crippen LogP contribution in [0.5, 0.6) is 0 Å². The molecule has 15 heavy (non-hydrogen) atoms. The molecular weight excluding hydrogens is 182 g/mol. The van der Waals surface area contributed by atoms with Gasteiger partial charge in [-0.3, -0.25) is 0 Å². The lowest BCUT2D eigenvalue weighted by Crippen LogP contribution is -2.32. The zero-order valence-electron chi connectivity index (χ0n) is 9.38. The summed E-state index contributed by atoms with van der Waals surface area (Å²) in [6.07, 6.45) is 9.87. The maximum absolute atomic E-state index is 3.74. The van der Waals surface area contributed by atoms with Crippen molar-refractivity contribution in [3.63, 3.8) is 0 Å². The van der Waals surface area contributed by atoms with Crippen molar-refractivity contribution < 1.29 is 0 Å². The molecular formula is C14H17N. The summed E-state index contributed by atoms with van der Waals surface area (Å²) in [4.78, 5) is 0. The molecule has 0 bridgehead atoms. The lowest BCUT2D eigenvalue weighted by molar-refractivity contribution is 0.586. The summed E-state index contributed by atoms with van der Waals surface area (Å²) in [5.41, 5.74) is 6.88. The highest BCUT2D eigenvalue weighted by Gasteiger charge is 2.23. The Kier molecular flexibility index (Phi) is 2.66. The molecule has 2 rings (SSSR count). The Bertz CT molecular complexity index is 403. The van der Waals surface area contributed by atoms with E-state index in [0.717, 1.165) is 6.42 Å². The van der Waals surface area contributed by atoms with Crippen LogP contribution in [0.1, 0.15) is 20.3 Å². The Morgan fingerprint density at radius 1 is 1.53 bits per heavy atom. The second kappa shape index (κ2) is 3.96. The number of allylic oxidation sites excluding steroid dienone is 5. The lowest BCUT2D eigenvalue weighted by Gasteiger charge is -2.30. The molecule has 0 spiro atoms. The van der Waals surface area contributed by atoms with Gasteiger partial charge in [0, 0.05) is 17.7 Å².